The normalized spacial score (nSPS) is 34.5. The van der Waals surface area contributed by atoms with E-state index in [2.05, 4.69) is 15.6 Å². The Kier molecular flexibility index (Phi) is 3.49. The topological polar surface area (TPSA) is 36.4 Å². The lowest BCUT2D eigenvalue weighted by Crippen LogP contribution is -2.36. The summed E-state index contributed by atoms with van der Waals surface area (Å²) in [5.41, 5.74) is 0. The lowest BCUT2D eigenvalue weighted by Gasteiger charge is -2.21. The lowest BCUT2D eigenvalue weighted by atomic mass is 9.86. The van der Waals surface area contributed by atoms with Crippen molar-refractivity contribution in [3.63, 3.8) is 0 Å². The Bertz CT molecular complexity index is 237. The van der Waals surface area contributed by atoms with E-state index in [-0.39, 0.29) is 0 Å². The zero-order valence-electron chi connectivity index (χ0n) is 9.92. The van der Waals surface area contributed by atoms with Crippen molar-refractivity contribution in [1.29, 1.82) is 0 Å². The van der Waals surface area contributed by atoms with Gasteiger partial charge < -0.3 is 10.6 Å². The second-order valence-corrected chi connectivity index (χ2v) is 4.97. The highest BCUT2D eigenvalue weighted by molar-refractivity contribution is 5.79. The van der Waals surface area contributed by atoms with Crippen LogP contribution >= 0.6 is 0 Å². The summed E-state index contributed by atoms with van der Waals surface area (Å²) in [5, 5.41) is 6.39. The van der Waals surface area contributed by atoms with Crippen LogP contribution in [0.15, 0.2) is 4.99 Å². The summed E-state index contributed by atoms with van der Waals surface area (Å²) in [6, 6.07) is 0. The molecule has 2 aliphatic rings. The fourth-order valence-corrected chi connectivity index (χ4v) is 3.39. The zero-order valence-corrected chi connectivity index (χ0v) is 9.92. The molecule has 86 valence electrons. The van der Waals surface area contributed by atoms with Crippen molar-refractivity contribution in [1.82, 2.24) is 10.6 Å². The molecule has 2 bridgehead atoms. The Morgan fingerprint density at radius 2 is 2.20 bits per heavy atom. The van der Waals surface area contributed by atoms with E-state index in [1.807, 2.05) is 14.1 Å². The minimum Gasteiger partial charge on any atom is -0.359 e. The molecule has 3 heteroatoms. The van der Waals surface area contributed by atoms with Gasteiger partial charge in [0.05, 0.1) is 0 Å². The largest absolute Gasteiger partial charge is 0.359 e. The molecule has 15 heavy (non-hydrogen) atoms. The molecule has 0 heterocycles. The lowest BCUT2D eigenvalue weighted by molar-refractivity contribution is 0.315. The first kappa shape index (κ1) is 10.8. The zero-order chi connectivity index (χ0) is 10.7. The fourth-order valence-electron chi connectivity index (χ4n) is 3.39. The number of hydrogen-bond donors (Lipinski definition) is 2. The highest BCUT2D eigenvalue weighted by Crippen LogP contribution is 2.49. The smallest absolute Gasteiger partial charge is 0.190 e. The summed E-state index contributed by atoms with van der Waals surface area (Å²) in [4.78, 5) is 4.11. The van der Waals surface area contributed by atoms with Gasteiger partial charge in [-0.05, 0) is 43.4 Å². The van der Waals surface area contributed by atoms with Gasteiger partial charge in [-0.1, -0.05) is 6.42 Å². The van der Waals surface area contributed by atoms with Crippen LogP contribution in [-0.2, 0) is 0 Å². The molecule has 0 spiro atoms. The average molecular weight is 209 g/mol. The Morgan fingerprint density at radius 1 is 1.33 bits per heavy atom. The third kappa shape index (κ3) is 2.44. The molecule has 0 aliphatic heterocycles. The molecule has 2 N–H and O–H groups in total. The maximum atomic E-state index is 4.11. The van der Waals surface area contributed by atoms with Crippen molar-refractivity contribution >= 4 is 5.96 Å². The molecule has 0 saturated heterocycles. The predicted octanol–water partition coefficient (Wildman–Crippen LogP) is 1.61. The second-order valence-electron chi connectivity index (χ2n) is 4.97. The average Bonchev–Trinajstić information content (AvgIpc) is 2.86. The molecule has 3 atom stereocenters. The summed E-state index contributed by atoms with van der Waals surface area (Å²) < 4.78 is 0. The summed E-state index contributed by atoms with van der Waals surface area (Å²) >= 11 is 0. The Morgan fingerprint density at radius 3 is 2.73 bits per heavy atom. The Labute approximate surface area is 92.7 Å². The van der Waals surface area contributed by atoms with Gasteiger partial charge in [-0.3, -0.25) is 4.99 Å². The number of fused-ring (bicyclic) bond motifs is 2. The number of hydrogen-bond acceptors (Lipinski definition) is 1. The van der Waals surface area contributed by atoms with Crippen molar-refractivity contribution in [2.75, 3.05) is 20.6 Å². The van der Waals surface area contributed by atoms with E-state index in [0.717, 1.165) is 30.3 Å². The van der Waals surface area contributed by atoms with E-state index in [1.54, 1.807) is 0 Å². The third-order valence-corrected chi connectivity index (χ3v) is 4.15. The van der Waals surface area contributed by atoms with Crippen LogP contribution in [0.4, 0.5) is 0 Å². The van der Waals surface area contributed by atoms with E-state index >= 15 is 0 Å². The van der Waals surface area contributed by atoms with Gasteiger partial charge in [0.25, 0.3) is 0 Å². The van der Waals surface area contributed by atoms with Crippen molar-refractivity contribution in [3.05, 3.63) is 0 Å². The first-order chi connectivity index (χ1) is 7.33. The molecule has 0 radical (unpaired) electrons. The van der Waals surface area contributed by atoms with Gasteiger partial charge in [0.15, 0.2) is 5.96 Å². The first-order valence-corrected chi connectivity index (χ1v) is 6.22. The summed E-state index contributed by atoms with van der Waals surface area (Å²) in [7, 11) is 3.73. The van der Waals surface area contributed by atoms with E-state index in [9.17, 15) is 0 Å². The van der Waals surface area contributed by atoms with E-state index < -0.39 is 0 Å². The molecule has 2 aliphatic carbocycles. The van der Waals surface area contributed by atoms with Crippen molar-refractivity contribution < 1.29 is 0 Å². The van der Waals surface area contributed by atoms with Crippen LogP contribution < -0.4 is 10.6 Å². The molecule has 3 unspecified atom stereocenters. The van der Waals surface area contributed by atoms with Crippen LogP contribution in [0.1, 0.15) is 32.1 Å². The third-order valence-electron chi connectivity index (χ3n) is 4.15. The number of nitrogens with one attached hydrogen (secondary N) is 2. The number of rotatable bonds is 3. The maximum Gasteiger partial charge on any atom is 0.190 e. The minimum absolute atomic E-state index is 0.915. The number of nitrogens with zero attached hydrogens (tertiary/aromatic N) is 1. The maximum absolute atomic E-state index is 4.11. The first-order valence-electron chi connectivity index (χ1n) is 6.22. The highest BCUT2D eigenvalue weighted by Gasteiger charge is 2.38. The molecule has 2 fully saturated rings. The highest BCUT2D eigenvalue weighted by atomic mass is 15.1. The summed E-state index contributed by atoms with van der Waals surface area (Å²) in [6.07, 6.45) is 7.33. The molecular weight excluding hydrogens is 186 g/mol. The standard InChI is InChI=1S/C12H23N3/c1-13-12(14-2)15-6-5-11-8-9-3-4-10(11)7-9/h9-11H,3-8H2,1-2H3,(H2,13,14,15). The van der Waals surface area contributed by atoms with E-state index in [4.69, 9.17) is 0 Å². The quantitative estimate of drug-likeness (QED) is 0.547. The van der Waals surface area contributed by atoms with Crippen molar-refractivity contribution in [2.45, 2.75) is 32.1 Å². The van der Waals surface area contributed by atoms with Crippen LogP contribution in [0.2, 0.25) is 0 Å². The number of aliphatic imine (C=N–C) groups is 1. The second kappa shape index (κ2) is 4.86. The predicted molar refractivity (Wildman–Crippen MR) is 64.0 cm³/mol. The van der Waals surface area contributed by atoms with Gasteiger partial charge in [-0.25, -0.2) is 0 Å². The van der Waals surface area contributed by atoms with E-state index in [1.165, 1.54) is 32.1 Å². The van der Waals surface area contributed by atoms with Crippen LogP contribution in [0.25, 0.3) is 0 Å². The van der Waals surface area contributed by atoms with Crippen LogP contribution in [-0.4, -0.2) is 26.6 Å². The van der Waals surface area contributed by atoms with Gasteiger partial charge in [0.1, 0.15) is 0 Å². The van der Waals surface area contributed by atoms with Crippen molar-refractivity contribution in [3.8, 4) is 0 Å². The summed E-state index contributed by atoms with van der Waals surface area (Å²) in [6.45, 7) is 1.07. The SMILES string of the molecule is CN=C(NC)NCCC1CC2CCC1C2. The number of guanidine groups is 1. The minimum atomic E-state index is 0.915. The molecule has 2 saturated carbocycles. The molecule has 0 aromatic heterocycles. The van der Waals surface area contributed by atoms with Gasteiger partial charge in [-0.2, -0.15) is 0 Å². The van der Waals surface area contributed by atoms with Gasteiger partial charge in [0.2, 0.25) is 0 Å². The molecule has 0 aromatic rings. The van der Waals surface area contributed by atoms with Gasteiger partial charge in [0, 0.05) is 20.6 Å². The van der Waals surface area contributed by atoms with Gasteiger partial charge >= 0.3 is 0 Å². The monoisotopic (exact) mass is 209 g/mol. The summed E-state index contributed by atoms with van der Waals surface area (Å²) in [5.74, 6) is 4.03. The molecule has 0 aromatic carbocycles. The molecule has 2 rings (SSSR count). The van der Waals surface area contributed by atoms with Crippen molar-refractivity contribution in [2.24, 2.45) is 22.7 Å². The molecular formula is C12H23N3. The van der Waals surface area contributed by atoms with Crippen LogP contribution in [0.3, 0.4) is 0 Å². The Hall–Kier alpha value is -0.730. The van der Waals surface area contributed by atoms with Crippen LogP contribution in [0.5, 0.6) is 0 Å². The molecule has 0 amide bonds. The fraction of sp³-hybridized carbons (Fsp3) is 0.917. The van der Waals surface area contributed by atoms with E-state index in [0.29, 0.717) is 0 Å². The Balaban J connectivity index is 1.66. The van der Waals surface area contributed by atoms with Gasteiger partial charge in [-0.15, -0.1) is 0 Å². The molecule has 3 nitrogen and oxygen atoms in total. The van der Waals surface area contributed by atoms with Crippen LogP contribution in [0, 0.1) is 17.8 Å².